The van der Waals surface area contributed by atoms with E-state index in [1.807, 2.05) is 61.7 Å². The summed E-state index contributed by atoms with van der Waals surface area (Å²) < 4.78 is 0. The molecule has 2 aliphatic rings. The Hall–Kier alpha value is -3.93. The molecule has 5 heteroatoms. The third kappa shape index (κ3) is 4.86. The summed E-state index contributed by atoms with van der Waals surface area (Å²) in [6, 6.07) is 16.5. The van der Waals surface area contributed by atoms with Crippen LogP contribution in [0.3, 0.4) is 0 Å². The largest absolute Gasteiger partial charge is 0.273 e. The quantitative estimate of drug-likeness (QED) is 0.328. The molecule has 0 unspecified atom stereocenters. The Morgan fingerprint density at radius 1 is 0.471 bits per heavy atom. The van der Waals surface area contributed by atoms with Crippen molar-refractivity contribution in [2.24, 2.45) is 0 Å². The number of pyridine rings is 4. The van der Waals surface area contributed by atoms with Gasteiger partial charge in [0.15, 0.2) is 0 Å². The summed E-state index contributed by atoms with van der Waals surface area (Å²) in [6.45, 7) is 0. The number of rotatable bonds is 4. The maximum atomic E-state index is 4.19. The first-order valence-electron chi connectivity index (χ1n) is 10.8. The summed E-state index contributed by atoms with van der Waals surface area (Å²) in [5, 5.41) is 0. The molecule has 4 heterocycles. The minimum absolute atomic E-state index is 0. The number of hydrogen-bond donors (Lipinski definition) is 0. The van der Waals surface area contributed by atoms with Crippen molar-refractivity contribution in [1.82, 2.24) is 19.9 Å². The molecular weight excluding hydrogens is 463 g/mol. The van der Waals surface area contributed by atoms with E-state index < -0.39 is 0 Å². The summed E-state index contributed by atoms with van der Waals surface area (Å²) in [6.07, 6.45) is 24.7. The monoisotopic (exact) mass is 484 g/mol. The molecule has 167 valence electrons. The van der Waals surface area contributed by atoms with Crippen LogP contribution >= 0.6 is 0 Å². The zero-order valence-electron chi connectivity index (χ0n) is 18.3. The van der Waals surface area contributed by atoms with Crippen molar-refractivity contribution >= 4 is 22.3 Å². The average Bonchev–Trinajstić information content (AvgIpc) is 3.47. The van der Waals surface area contributed by atoms with E-state index in [4.69, 9.17) is 0 Å². The molecule has 4 aromatic rings. The zero-order chi connectivity index (χ0) is 22.3. The Balaban J connectivity index is 0.000000407. The molecule has 0 fully saturated rings. The van der Waals surface area contributed by atoms with Crippen LogP contribution in [0.2, 0.25) is 0 Å². The van der Waals surface area contributed by atoms with Crippen LogP contribution in [0, 0.1) is 6.08 Å². The molecule has 34 heavy (non-hydrogen) atoms. The first-order valence-corrected chi connectivity index (χ1v) is 10.8. The van der Waals surface area contributed by atoms with Gasteiger partial charge in [-0.2, -0.15) is 6.08 Å². The van der Waals surface area contributed by atoms with Gasteiger partial charge < -0.3 is 0 Å². The standard InChI is InChI=1S/C24H16N4.C5H5.Co/c1-9-25-10-2-17(1)21-22(18-3-11-26-12-4-18)24(20-7-15-28-16-8-20)23(21)19-5-13-27-14-6-19;1-2-4-5-3-1;/h1-16H;1-3H,4H2;/q;-1;. The predicted molar refractivity (Wildman–Crippen MR) is 132 cm³/mol. The third-order valence-electron chi connectivity index (χ3n) is 5.46. The Morgan fingerprint density at radius 3 is 0.941 bits per heavy atom. The third-order valence-corrected chi connectivity index (χ3v) is 5.46. The van der Waals surface area contributed by atoms with Gasteiger partial charge in [0.25, 0.3) is 0 Å². The Labute approximate surface area is 209 Å². The maximum absolute atomic E-state index is 4.19. The molecule has 1 radical (unpaired) electrons. The van der Waals surface area contributed by atoms with Crippen molar-refractivity contribution in [2.45, 2.75) is 6.42 Å². The minimum Gasteiger partial charge on any atom is -0.273 e. The second-order valence-corrected chi connectivity index (χ2v) is 7.45. The molecule has 0 amide bonds. The van der Waals surface area contributed by atoms with Crippen LogP contribution in [-0.2, 0) is 16.8 Å². The normalized spacial score (nSPS) is 13.6. The summed E-state index contributed by atoms with van der Waals surface area (Å²) in [5.74, 6) is 0. The van der Waals surface area contributed by atoms with Crippen molar-refractivity contribution in [3.05, 3.63) is 145 Å². The van der Waals surface area contributed by atoms with Gasteiger partial charge in [0.1, 0.15) is 0 Å². The molecule has 0 saturated heterocycles. The molecular formula is C29H21CoN4-. The van der Waals surface area contributed by atoms with E-state index in [0.717, 1.165) is 28.7 Å². The van der Waals surface area contributed by atoms with Crippen molar-refractivity contribution in [3.8, 4) is 0 Å². The van der Waals surface area contributed by atoms with Gasteiger partial charge in [-0.3, -0.25) is 26.0 Å². The summed E-state index contributed by atoms with van der Waals surface area (Å²) in [5.41, 5.74) is 9.44. The average molecular weight is 484 g/mol. The molecule has 4 nitrogen and oxygen atoms in total. The zero-order valence-corrected chi connectivity index (χ0v) is 19.3. The fourth-order valence-corrected chi connectivity index (χ4v) is 4.01. The second kappa shape index (κ2) is 11.3. The van der Waals surface area contributed by atoms with Crippen molar-refractivity contribution in [1.29, 1.82) is 0 Å². The van der Waals surface area contributed by atoms with Crippen LogP contribution in [0.1, 0.15) is 28.7 Å². The van der Waals surface area contributed by atoms with Gasteiger partial charge in [-0.15, -0.1) is 6.42 Å². The van der Waals surface area contributed by atoms with Gasteiger partial charge >= 0.3 is 0 Å². The molecule has 6 rings (SSSR count). The predicted octanol–water partition coefficient (Wildman–Crippen LogP) is 6.11. The molecule has 0 saturated carbocycles. The minimum atomic E-state index is 0. The van der Waals surface area contributed by atoms with Gasteiger partial charge in [-0.25, -0.2) is 12.2 Å². The van der Waals surface area contributed by atoms with E-state index in [2.05, 4.69) is 80.6 Å². The van der Waals surface area contributed by atoms with E-state index in [-0.39, 0.29) is 16.8 Å². The number of aromatic nitrogens is 4. The van der Waals surface area contributed by atoms with Gasteiger partial charge in [-0.05, 0) is 93.1 Å². The Bertz CT molecular complexity index is 1130. The van der Waals surface area contributed by atoms with Gasteiger partial charge in [0.2, 0.25) is 0 Å². The Morgan fingerprint density at radius 2 is 0.765 bits per heavy atom. The second-order valence-electron chi connectivity index (χ2n) is 7.45. The van der Waals surface area contributed by atoms with Crippen LogP contribution in [-0.4, -0.2) is 19.9 Å². The molecule has 0 aliphatic heterocycles. The maximum Gasteiger partial charge on any atom is 0.0273 e. The van der Waals surface area contributed by atoms with E-state index in [1.165, 1.54) is 22.3 Å². The molecule has 0 N–H and O–H groups in total. The molecule has 2 aliphatic carbocycles. The molecule has 0 atom stereocenters. The SMILES string of the molecule is [C-]1=CC=CC1.[Co].c1cc(C2=C(c3ccncc3)C(c3ccncc3)=C2c2ccncc2)ccn1. The van der Waals surface area contributed by atoms with Crippen LogP contribution < -0.4 is 0 Å². The molecule has 4 aromatic heterocycles. The summed E-state index contributed by atoms with van der Waals surface area (Å²) in [4.78, 5) is 16.8. The van der Waals surface area contributed by atoms with Gasteiger partial charge in [-0.1, -0.05) is 0 Å². The van der Waals surface area contributed by atoms with E-state index in [0.29, 0.717) is 0 Å². The fraction of sp³-hybridized carbons (Fsp3) is 0.0345. The topological polar surface area (TPSA) is 51.6 Å². The smallest absolute Gasteiger partial charge is 0.0273 e. The number of allylic oxidation sites excluding steroid dienone is 8. The number of nitrogens with zero attached hydrogens (tertiary/aromatic N) is 4. The fourth-order valence-electron chi connectivity index (χ4n) is 4.01. The molecule has 0 spiro atoms. The van der Waals surface area contributed by atoms with Crippen LogP contribution in [0.4, 0.5) is 0 Å². The van der Waals surface area contributed by atoms with Crippen LogP contribution in [0.25, 0.3) is 22.3 Å². The summed E-state index contributed by atoms with van der Waals surface area (Å²) in [7, 11) is 0. The van der Waals surface area contributed by atoms with Crippen LogP contribution in [0.5, 0.6) is 0 Å². The first kappa shape index (κ1) is 23.2. The van der Waals surface area contributed by atoms with Crippen molar-refractivity contribution in [2.75, 3.05) is 0 Å². The van der Waals surface area contributed by atoms with E-state index in [9.17, 15) is 0 Å². The summed E-state index contributed by atoms with van der Waals surface area (Å²) >= 11 is 0. The molecule has 0 bridgehead atoms. The van der Waals surface area contributed by atoms with Gasteiger partial charge in [0, 0.05) is 66.4 Å². The Kier molecular flexibility index (Phi) is 7.70. The van der Waals surface area contributed by atoms with Crippen molar-refractivity contribution < 1.29 is 16.8 Å². The van der Waals surface area contributed by atoms with Crippen molar-refractivity contribution in [3.63, 3.8) is 0 Å². The van der Waals surface area contributed by atoms with Gasteiger partial charge in [0.05, 0.1) is 0 Å². The van der Waals surface area contributed by atoms with Crippen LogP contribution in [0.15, 0.2) is 116 Å². The van der Waals surface area contributed by atoms with E-state index >= 15 is 0 Å². The van der Waals surface area contributed by atoms with E-state index in [1.54, 1.807) is 0 Å². The molecule has 0 aromatic carbocycles. The number of hydrogen-bond acceptors (Lipinski definition) is 4. The first-order chi connectivity index (χ1) is 16.4.